The predicted molar refractivity (Wildman–Crippen MR) is 183 cm³/mol. The number of furan rings is 1. The van der Waals surface area contributed by atoms with E-state index in [2.05, 4.69) is 0 Å². The van der Waals surface area contributed by atoms with Crippen LogP contribution in [0.3, 0.4) is 0 Å². The van der Waals surface area contributed by atoms with Gasteiger partial charge in [0.15, 0.2) is 0 Å². The molecule has 0 saturated carbocycles. The summed E-state index contributed by atoms with van der Waals surface area (Å²) in [5.41, 5.74) is 3.45. The zero-order valence-electron chi connectivity index (χ0n) is 34.5. The SMILES string of the molecule is [2H]c1c([2H])c([2H])c(-c2cccc3oc4cccc(-c5c6ccccc6c(-c6c([2H])c([2H])c7c([2H])c([2H])c([2H])c([2H])c7c6[2H])c6ccccc56)c4c23)c([2H])c1[2H]. The third-order valence-electron chi connectivity index (χ3n) is 7.99. The smallest absolute Gasteiger partial charge is 0.136 e. The topological polar surface area (TPSA) is 13.1 Å². The maximum absolute atomic E-state index is 9.42. The Kier molecular flexibility index (Phi) is 3.29. The van der Waals surface area contributed by atoms with Gasteiger partial charge in [0.1, 0.15) is 11.2 Å². The van der Waals surface area contributed by atoms with Crippen LogP contribution in [0.4, 0.5) is 0 Å². The second-order valence-corrected chi connectivity index (χ2v) is 10.3. The molecule has 0 N–H and O–H groups in total. The van der Waals surface area contributed by atoms with E-state index in [0.717, 1.165) is 21.9 Å². The molecule has 0 aliphatic carbocycles. The van der Waals surface area contributed by atoms with Crippen LogP contribution in [-0.4, -0.2) is 0 Å². The molecule has 43 heavy (non-hydrogen) atoms. The molecule has 9 aromatic rings. The third-order valence-corrected chi connectivity index (χ3v) is 7.99. The molecular formula is C42H26O. The fourth-order valence-electron chi connectivity index (χ4n) is 6.26. The molecule has 8 aromatic carbocycles. The molecule has 9 rings (SSSR count). The fraction of sp³-hybridized carbons (Fsp3) is 0. The molecule has 1 heterocycles. The Bertz CT molecular complexity index is 3100. The van der Waals surface area contributed by atoms with Gasteiger partial charge in [-0.2, -0.15) is 0 Å². The van der Waals surface area contributed by atoms with E-state index in [9.17, 15) is 2.74 Å². The van der Waals surface area contributed by atoms with Crippen molar-refractivity contribution in [3.8, 4) is 33.4 Å². The number of rotatable bonds is 3. The first-order valence-corrected chi connectivity index (χ1v) is 13.8. The van der Waals surface area contributed by atoms with E-state index in [1.807, 2.05) is 66.7 Å². The second kappa shape index (κ2) is 9.44. The summed E-state index contributed by atoms with van der Waals surface area (Å²) in [4.78, 5) is 0. The third kappa shape index (κ3) is 3.65. The van der Waals surface area contributed by atoms with Gasteiger partial charge in [0.2, 0.25) is 0 Å². The van der Waals surface area contributed by atoms with Crippen LogP contribution in [0.1, 0.15) is 16.4 Å². The summed E-state index contributed by atoms with van der Waals surface area (Å²) in [7, 11) is 0. The number of hydrogen-bond acceptors (Lipinski definition) is 1. The Morgan fingerprint density at radius 3 is 1.65 bits per heavy atom. The highest BCUT2D eigenvalue weighted by molar-refractivity contribution is 6.27. The van der Waals surface area contributed by atoms with Gasteiger partial charge in [-0.3, -0.25) is 0 Å². The summed E-state index contributed by atoms with van der Waals surface area (Å²) < 4.78 is 110. The molecular weight excluding hydrogens is 520 g/mol. The van der Waals surface area contributed by atoms with E-state index in [0.29, 0.717) is 43.8 Å². The van der Waals surface area contributed by atoms with Crippen LogP contribution in [0.25, 0.3) is 87.6 Å². The first-order valence-electron chi connectivity index (χ1n) is 19.8. The summed E-state index contributed by atoms with van der Waals surface area (Å²) in [6.45, 7) is 0. The first kappa shape index (κ1) is 15.0. The maximum atomic E-state index is 9.42. The van der Waals surface area contributed by atoms with Crippen molar-refractivity contribution in [3.63, 3.8) is 0 Å². The lowest BCUT2D eigenvalue weighted by Crippen LogP contribution is -1.91. The quantitative estimate of drug-likeness (QED) is 0.197. The highest BCUT2D eigenvalue weighted by atomic mass is 16.3. The summed E-state index contributed by atoms with van der Waals surface area (Å²) >= 11 is 0. The molecule has 0 amide bonds. The van der Waals surface area contributed by atoms with E-state index < -0.39 is 48.3 Å². The van der Waals surface area contributed by atoms with E-state index in [4.69, 9.17) is 18.1 Å². The first-order chi connectivity index (χ1) is 26.3. The molecule has 0 atom stereocenters. The van der Waals surface area contributed by atoms with Gasteiger partial charge >= 0.3 is 0 Å². The second-order valence-electron chi connectivity index (χ2n) is 10.3. The van der Waals surface area contributed by atoms with Gasteiger partial charge in [0.05, 0.1) is 16.4 Å². The Morgan fingerprint density at radius 1 is 0.419 bits per heavy atom. The lowest BCUT2D eigenvalue weighted by atomic mass is 9.84. The van der Waals surface area contributed by atoms with Crippen molar-refractivity contribution in [1.29, 1.82) is 0 Å². The highest BCUT2D eigenvalue weighted by Gasteiger charge is 2.21. The van der Waals surface area contributed by atoms with Gasteiger partial charge < -0.3 is 4.42 Å². The minimum atomic E-state index is -0.534. The Hall–Kier alpha value is -5.66. The molecule has 0 aliphatic rings. The van der Waals surface area contributed by atoms with Crippen LogP contribution in [0, 0.1) is 0 Å². The average Bonchev–Trinajstić information content (AvgIpc) is 3.59. The minimum absolute atomic E-state index is 0.0468. The normalized spacial score (nSPS) is 15.6. The van der Waals surface area contributed by atoms with E-state index in [1.165, 1.54) is 0 Å². The van der Waals surface area contributed by atoms with Crippen molar-refractivity contribution in [2.45, 2.75) is 0 Å². The van der Waals surface area contributed by atoms with E-state index in [-0.39, 0.29) is 46.1 Å². The van der Waals surface area contributed by atoms with Gasteiger partial charge in [-0.1, -0.05) is 139 Å². The fourth-order valence-corrected chi connectivity index (χ4v) is 6.26. The van der Waals surface area contributed by atoms with Crippen molar-refractivity contribution in [2.24, 2.45) is 0 Å². The van der Waals surface area contributed by atoms with Crippen LogP contribution in [-0.2, 0) is 0 Å². The van der Waals surface area contributed by atoms with Gasteiger partial charge in [0, 0.05) is 10.8 Å². The predicted octanol–water partition coefficient (Wildman–Crippen LogP) is 12.0. The molecule has 0 fully saturated rings. The lowest BCUT2D eigenvalue weighted by molar-refractivity contribution is 0.669. The Labute approximate surface area is 266 Å². The van der Waals surface area contributed by atoms with Crippen LogP contribution in [0.2, 0.25) is 0 Å². The lowest BCUT2D eigenvalue weighted by Gasteiger charge is -2.18. The van der Waals surface area contributed by atoms with Gasteiger partial charge in [-0.05, 0) is 83.9 Å². The molecule has 0 aliphatic heterocycles. The van der Waals surface area contributed by atoms with Gasteiger partial charge in [0.25, 0.3) is 0 Å². The largest absolute Gasteiger partial charge is 0.456 e. The summed E-state index contributed by atoms with van der Waals surface area (Å²) in [6.07, 6.45) is 0. The van der Waals surface area contributed by atoms with E-state index in [1.54, 1.807) is 18.2 Å². The molecule has 1 nitrogen and oxygen atoms in total. The standard InChI is InChI=1S/C42H26O/c1-2-13-28(14-3-1)31-20-10-22-37-41(31)42-36(21-11-23-38(42)43-37)40-34-18-8-6-16-32(34)39(33-17-7-9-19-35(33)40)30-25-24-27-12-4-5-15-29(27)26-30/h1-26H/i1D,2D,3D,4D,5D,12D,13D,14D,15D,24D,25D,26D. The zero-order chi connectivity index (χ0) is 38.8. The molecule has 200 valence electrons. The van der Waals surface area contributed by atoms with Crippen LogP contribution >= 0.6 is 0 Å². The number of fused-ring (bicyclic) bond motifs is 6. The average molecular weight is 559 g/mol. The summed E-state index contributed by atoms with van der Waals surface area (Å²) in [5, 5.41) is 3.62. The van der Waals surface area contributed by atoms with Gasteiger partial charge in [-0.15, -0.1) is 0 Å². The molecule has 0 saturated heterocycles. The minimum Gasteiger partial charge on any atom is -0.456 e. The van der Waals surface area contributed by atoms with E-state index >= 15 is 0 Å². The monoisotopic (exact) mass is 558 g/mol. The molecule has 0 bridgehead atoms. The van der Waals surface area contributed by atoms with Crippen molar-refractivity contribution in [3.05, 3.63) is 157 Å². The number of hydrogen-bond donors (Lipinski definition) is 0. The van der Waals surface area contributed by atoms with Crippen molar-refractivity contribution >= 4 is 54.3 Å². The molecule has 0 radical (unpaired) electrons. The molecule has 0 spiro atoms. The van der Waals surface area contributed by atoms with Crippen LogP contribution in [0.15, 0.2) is 162 Å². The maximum Gasteiger partial charge on any atom is 0.136 e. The zero-order valence-corrected chi connectivity index (χ0v) is 22.5. The summed E-state index contributed by atoms with van der Waals surface area (Å²) in [6, 6.07) is 20.7. The van der Waals surface area contributed by atoms with Crippen molar-refractivity contribution < 1.29 is 20.9 Å². The van der Waals surface area contributed by atoms with Crippen molar-refractivity contribution in [2.75, 3.05) is 0 Å². The molecule has 1 aromatic heterocycles. The molecule has 1 heteroatoms. The molecule has 0 unspecified atom stereocenters. The number of benzene rings is 8. The van der Waals surface area contributed by atoms with Crippen LogP contribution < -0.4 is 0 Å². The summed E-state index contributed by atoms with van der Waals surface area (Å²) in [5.74, 6) is 0. The highest BCUT2D eigenvalue weighted by Crippen LogP contribution is 2.48. The van der Waals surface area contributed by atoms with Crippen LogP contribution in [0.5, 0.6) is 0 Å². The Morgan fingerprint density at radius 2 is 0.977 bits per heavy atom. The van der Waals surface area contributed by atoms with Crippen molar-refractivity contribution in [1.82, 2.24) is 0 Å². The Balaban J connectivity index is 1.45. The van der Waals surface area contributed by atoms with Gasteiger partial charge in [-0.25, -0.2) is 0 Å².